The lowest BCUT2D eigenvalue weighted by Gasteiger charge is -2.36. The van der Waals surface area contributed by atoms with Gasteiger partial charge in [-0.1, -0.05) is 6.92 Å². The molecule has 2 aromatic heterocycles. The number of anilines is 1. The van der Waals surface area contributed by atoms with Crippen molar-refractivity contribution >= 4 is 33.3 Å². The first-order chi connectivity index (χ1) is 12.7. The lowest BCUT2D eigenvalue weighted by atomic mass is 10.1. The zero-order valence-corrected chi connectivity index (χ0v) is 16.3. The molecule has 140 valence electrons. The van der Waals surface area contributed by atoms with E-state index in [1.807, 2.05) is 4.90 Å². The molecular weight excluding hydrogens is 346 g/mol. The van der Waals surface area contributed by atoms with Gasteiger partial charge in [-0.3, -0.25) is 9.69 Å². The highest BCUT2D eigenvalue weighted by Gasteiger charge is 2.24. The standard InChI is InChI=1S/C19H27N5OS/c1-2-15-12-16-18(20-14-21-19(16)26-15)24-10-8-22(9-11-24)13-17(25)23-6-4-3-5-7-23/h12,14H,2-11,13H2,1H3. The third-order valence-corrected chi connectivity index (χ3v) is 6.63. The number of rotatable bonds is 4. The van der Waals surface area contributed by atoms with Gasteiger partial charge >= 0.3 is 0 Å². The van der Waals surface area contributed by atoms with Crippen LogP contribution in [0.2, 0.25) is 0 Å². The number of thiophene rings is 1. The number of piperazine rings is 1. The van der Waals surface area contributed by atoms with Gasteiger partial charge in [0.1, 0.15) is 17.0 Å². The van der Waals surface area contributed by atoms with E-state index in [0.29, 0.717) is 12.5 Å². The van der Waals surface area contributed by atoms with Crippen molar-refractivity contribution in [2.24, 2.45) is 0 Å². The summed E-state index contributed by atoms with van der Waals surface area (Å²) in [6.07, 6.45) is 6.29. The van der Waals surface area contributed by atoms with Gasteiger partial charge < -0.3 is 9.80 Å². The minimum Gasteiger partial charge on any atom is -0.353 e. The molecule has 0 spiro atoms. The molecule has 0 aromatic carbocycles. The topological polar surface area (TPSA) is 52.6 Å². The maximum atomic E-state index is 12.5. The van der Waals surface area contributed by atoms with Crippen LogP contribution in [-0.2, 0) is 11.2 Å². The molecule has 0 unspecified atom stereocenters. The zero-order chi connectivity index (χ0) is 17.9. The van der Waals surface area contributed by atoms with Gasteiger partial charge in [-0.15, -0.1) is 11.3 Å². The van der Waals surface area contributed by atoms with Crippen molar-refractivity contribution < 1.29 is 4.79 Å². The molecule has 0 saturated carbocycles. The van der Waals surface area contributed by atoms with Gasteiger partial charge in [0.15, 0.2) is 0 Å². The molecule has 6 nitrogen and oxygen atoms in total. The monoisotopic (exact) mass is 373 g/mol. The van der Waals surface area contributed by atoms with Crippen molar-refractivity contribution in [3.63, 3.8) is 0 Å². The maximum Gasteiger partial charge on any atom is 0.236 e. The van der Waals surface area contributed by atoms with Gasteiger partial charge in [-0.05, 0) is 31.7 Å². The van der Waals surface area contributed by atoms with E-state index in [2.05, 4.69) is 32.8 Å². The Balaban J connectivity index is 1.38. The van der Waals surface area contributed by atoms with Gasteiger partial charge in [0.25, 0.3) is 0 Å². The molecule has 0 N–H and O–H groups in total. The van der Waals surface area contributed by atoms with E-state index in [-0.39, 0.29) is 0 Å². The van der Waals surface area contributed by atoms with E-state index in [4.69, 9.17) is 0 Å². The summed E-state index contributed by atoms with van der Waals surface area (Å²) in [5.41, 5.74) is 0. The first-order valence-corrected chi connectivity index (χ1v) is 10.5. The van der Waals surface area contributed by atoms with Crippen molar-refractivity contribution in [1.82, 2.24) is 19.8 Å². The minimum absolute atomic E-state index is 0.299. The number of carbonyl (C=O) groups is 1. The number of aryl methyl sites for hydroxylation is 1. The average Bonchev–Trinajstić information content (AvgIpc) is 3.13. The van der Waals surface area contributed by atoms with Gasteiger partial charge in [-0.25, -0.2) is 9.97 Å². The molecule has 26 heavy (non-hydrogen) atoms. The predicted octanol–water partition coefficient (Wildman–Crippen LogP) is 2.39. The van der Waals surface area contributed by atoms with E-state index in [9.17, 15) is 4.79 Å². The van der Waals surface area contributed by atoms with Crippen LogP contribution in [0.5, 0.6) is 0 Å². The van der Waals surface area contributed by atoms with Crippen LogP contribution in [0.4, 0.5) is 5.82 Å². The first-order valence-electron chi connectivity index (χ1n) is 9.73. The number of amides is 1. The zero-order valence-electron chi connectivity index (χ0n) is 15.5. The fourth-order valence-corrected chi connectivity index (χ4v) is 4.80. The summed E-state index contributed by atoms with van der Waals surface area (Å²) in [5, 5.41) is 1.17. The molecule has 2 aliphatic rings. The molecule has 0 atom stereocenters. The molecule has 2 fully saturated rings. The summed E-state index contributed by atoms with van der Waals surface area (Å²) in [5.74, 6) is 1.35. The van der Waals surface area contributed by atoms with Crippen LogP contribution in [0.3, 0.4) is 0 Å². The molecule has 0 aliphatic carbocycles. The quantitative estimate of drug-likeness (QED) is 0.824. The van der Waals surface area contributed by atoms with Crippen LogP contribution in [-0.4, -0.2) is 71.5 Å². The summed E-state index contributed by atoms with van der Waals surface area (Å²) in [6.45, 7) is 8.27. The fourth-order valence-electron chi connectivity index (χ4n) is 3.87. The highest BCUT2D eigenvalue weighted by Crippen LogP contribution is 2.30. The largest absolute Gasteiger partial charge is 0.353 e. The number of hydrogen-bond acceptors (Lipinski definition) is 6. The van der Waals surface area contributed by atoms with Gasteiger partial charge in [0, 0.05) is 44.1 Å². The summed E-state index contributed by atoms with van der Waals surface area (Å²) in [6, 6.07) is 2.24. The minimum atomic E-state index is 0.299. The second kappa shape index (κ2) is 7.88. The molecule has 0 radical (unpaired) electrons. The Morgan fingerprint density at radius 1 is 1.08 bits per heavy atom. The summed E-state index contributed by atoms with van der Waals surface area (Å²) in [4.78, 5) is 30.6. The molecule has 1 amide bonds. The lowest BCUT2D eigenvalue weighted by molar-refractivity contribution is -0.133. The van der Waals surface area contributed by atoms with Crippen molar-refractivity contribution in [3.05, 3.63) is 17.3 Å². The van der Waals surface area contributed by atoms with Gasteiger partial charge in [-0.2, -0.15) is 0 Å². The maximum absolute atomic E-state index is 12.5. The number of fused-ring (bicyclic) bond motifs is 1. The normalized spacial score (nSPS) is 19.3. The lowest BCUT2D eigenvalue weighted by Crippen LogP contribution is -2.51. The predicted molar refractivity (Wildman–Crippen MR) is 106 cm³/mol. The Kier molecular flexibility index (Phi) is 5.36. The summed E-state index contributed by atoms with van der Waals surface area (Å²) in [7, 11) is 0. The summed E-state index contributed by atoms with van der Waals surface area (Å²) < 4.78 is 0. The summed E-state index contributed by atoms with van der Waals surface area (Å²) >= 11 is 1.76. The SMILES string of the molecule is CCc1cc2c(N3CCN(CC(=O)N4CCCCC4)CC3)ncnc2s1. The molecule has 2 saturated heterocycles. The Labute approximate surface area is 158 Å². The molecule has 0 bridgehead atoms. The number of carbonyl (C=O) groups excluding carboxylic acids is 1. The fraction of sp³-hybridized carbons (Fsp3) is 0.632. The molecular formula is C19H27N5OS. The van der Waals surface area contributed by atoms with Crippen LogP contribution in [0, 0.1) is 0 Å². The third kappa shape index (κ3) is 3.69. The van der Waals surface area contributed by atoms with Crippen molar-refractivity contribution in [2.45, 2.75) is 32.6 Å². The second-order valence-electron chi connectivity index (χ2n) is 7.19. The Morgan fingerprint density at radius 3 is 2.58 bits per heavy atom. The van der Waals surface area contributed by atoms with E-state index in [1.165, 1.54) is 16.7 Å². The first kappa shape index (κ1) is 17.7. The highest BCUT2D eigenvalue weighted by molar-refractivity contribution is 7.18. The van der Waals surface area contributed by atoms with Gasteiger partial charge in [0.05, 0.1) is 11.9 Å². The average molecular weight is 374 g/mol. The molecule has 2 aliphatic heterocycles. The molecule has 2 aromatic rings. The van der Waals surface area contributed by atoms with Crippen LogP contribution in [0.1, 0.15) is 31.1 Å². The smallest absolute Gasteiger partial charge is 0.236 e. The van der Waals surface area contributed by atoms with Crippen molar-refractivity contribution in [1.29, 1.82) is 0 Å². The Hall–Kier alpha value is -1.73. The van der Waals surface area contributed by atoms with Crippen LogP contribution in [0.25, 0.3) is 10.2 Å². The second-order valence-corrected chi connectivity index (χ2v) is 8.30. The van der Waals surface area contributed by atoms with Crippen LogP contribution < -0.4 is 4.90 Å². The third-order valence-electron chi connectivity index (χ3n) is 5.45. The van der Waals surface area contributed by atoms with Crippen molar-refractivity contribution in [2.75, 3.05) is 50.7 Å². The Bertz CT molecular complexity index is 762. The number of likely N-dealkylation sites (tertiary alicyclic amines) is 1. The van der Waals surface area contributed by atoms with E-state index >= 15 is 0 Å². The van der Waals surface area contributed by atoms with Crippen molar-refractivity contribution in [3.8, 4) is 0 Å². The van der Waals surface area contributed by atoms with Crippen LogP contribution >= 0.6 is 11.3 Å². The Morgan fingerprint density at radius 2 is 1.85 bits per heavy atom. The molecule has 7 heteroatoms. The van der Waals surface area contributed by atoms with E-state index in [0.717, 1.165) is 69.2 Å². The number of aromatic nitrogens is 2. The molecule has 4 rings (SSSR count). The van der Waals surface area contributed by atoms with Crippen LogP contribution in [0.15, 0.2) is 12.4 Å². The highest BCUT2D eigenvalue weighted by atomic mass is 32.1. The van der Waals surface area contributed by atoms with E-state index in [1.54, 1.807) is 17.7 Å². The number of piperidine rings is 1. The number of hydrogen-bond donors (Lipinski definition) is 0. The number of nitrogens with zero attached hydrogens (tertiary/aromatic N) is 5. The van der Waals surface area contributed by atoms with Gasteiger partial charge in [0.2, 0.25) is 5.91 Å². The molecule has 4 heterocycles. The van der Waals surface area contributed by atoms with E-state index < -0.39 is 0 Å².